The van der Waals surface area contributed by atoms with Crippen LogP contribution in [0.25, 0.3) is 16.9 Å². The van der Waals surface area contributed by atoms with Crippen LogP contribution in [0.1, 0.15) is 68.9 Å². The summed E-state index contributed by atoms with van der Waals surface area (Å²) in [4.78, 5) is 14.1. The molecule has 0 radical (unpaired) electrons. The number of anilines is 1. The molecular weight excluding hydrogens is 583 g/mol. The molecule has 14 heteroatoms. The second-order valence-electron chi connectivity index (χ2n) is 12.6. The van der Waals surface area contributed by atoms with Crippen LogP contribution < -0.4 is 4.90 Å². The molecule has 4 atom stereocenters. The first-order chi connectivity index (χ1) is 21.0. The van der Waals surface area contributed by atoms with E-state index in [9.17, 15) is 22.0 Å². The van der Waals surface area contributed by atoms with Crippen molar-refractivity contribution in [3.8, 4) is 0 Å². The lowest BCUT2D eigenvalue weighted by atomic mass is 9.73. The van der Waals surface area contributed by atoms with Gasteiger partial charge in [-0.15, -0.1) is 10.2 Å². The maximum Gasteiger partial charge on any atom is 0.266 e. The number of hydrogen-bond donors (Lipinski definition) is 0. The fourth-order valence-corrected chi connectivity index (χ4v) is 7.37. The van der Waals surface area contributed by atoms with Crippen LogP contribution in [-0.2, 0) is 11.3 Å². The van der Waals surface area contributed by atoms with Gasteiger partial charge < -0.3 is 14.2 Å². The lowest BCUT2D eigenvalue weighted by Gasteiger charge is -2.52. The predicted molar refractivity (Wildman–Crippen MR) is 153 cm³/mol. The van der Waals surface area contributed by atoms with Gasteiger partial charge in [0.1, 0.15) is 23.5 Å². The van der Waals surface area contributed by atoms with Crippen molar-refractivity contribution in [2.45, 2.75) is 89.6 Å². The fourth-order valence-electron chi connectivity index (χ4n) is 7.37. The van der Waals surface area contributed by atoms with Crippen LogP contribution in [0.3, 0.4) is 0 Å². The third-order valence-electron chi connectivity index (χ3n) is 9.55. The molecule has 1 aromatic carbocycles. The van der Waals surface area contributed by atoms with Crippen molar-refractivity contribution in [3.63, 3.8) is 0 Å². The first-order valence-corrected chi connectivity index (χ1v) is 15.2. The first-order valence-electron chi connectivity index (χ1n) is 15.2. The molecule has 236 valence electrons. The third kappa shape index (κ3) is 4.99. The number of nitrogens with zero attached hydrogens (tertiary/aromatic N) is 8. The summed E-state index contributed by atoms with van der Waals surface area (Å²) in [5.41, 5.74) is 1.29. The monoisotopic (exact) mass is 618 g/mol. The van der Waals surface area contributed by atoms with Gasteiger partial charge in [-0.2, -0.15) is 4.98 Å². The molecule has 1 aliphatic carbocycles. The fraction of sp³-hybridized carbons (Fsp3) is 0.600. The quantitative estimate of drug-likeness (QED) is 0.245. The van der Waals surface area contributed by atoms with E-state index in [1.165, 1.54) is 6.07 Å². The van der Waals surface area contributed by atoms with E-state index >= 15 is 0 Å². The third-order valence-corrected chi connectivity index (χ3v) is 9.55. The largest absolute Gasteiger partial charge is 0.376 e. The van der Waals surface area contributed by atoms with E-state index in [0.29, 0.717) is 42.3 Å². The average molecular weight is 619 g/mol. The van der Waals surface area contributed by atoms with Crippen molar-refractivity contribution in [2.24, 2.45) is 5.92 Å². The van der Waals surface area contributed by atoms with Crippen LogP contribution in [0.2, 0.25) is 0 Å². The summed E-state index contributed by atoms with van der Waals surface area (Å²) in [5, 5.41) is 8.36. The second-order valence-corrected chi connectivity index (χ2v) is 12.6. The minimum absolute atomic E-state index is 0.0900. The highest BCUT2D eigenvalue weighted by atomic mass is 19.3. The van der Waals surface area contributed by atoms with Gasteiger partial charge in [0.25, 0.3) is 12.2 Å². The number of alkyl halides is 4. The van der Waals surface area contributed by atoms with Crippen LogP contribution >= 0.6 is 0 Å². The number of imidazole rings is 1. The number of aromatic nitrogens is 6. The smallest absolute Gasteiger partial charge is 0.266 e. The van der Waals surface area contributed by atoms with Gasteiger partial charge in [-0.1, -0.05) is 12.1 Å². The van der Waals surface area contributed by atoms with E-state index in [2.05, 4.69) is 24.6 Å². The van der Waals surface area contributed by atoms with Crippen LogP contribution in [0, 0.1) is 18.7 Å². The number of fused-ring (bicyclic) bond motifs is 3. The SMILES string of the molecule is Cc1nc2c(N3C[C@@H](C)N(C(c4ccc(C(F)F)c(F)c4)C4CC(F)(F)C4)C[C@@H]3C)nc3nncn3c2n1C[C@@H]1CCCO1. The van der Waals surface area contributed by atoms with E-state index in [1.54, 1.807) is 6.33 Å². The lowest BCUT2D eigenvalue weighted by molar-refractivity contribution is -0.137. The molecule has 0 N–H and O–H groups in total. The summed E-state index contributed by atoms with van der Waals surface area (Å²) < 4.78 is 79.4. The number of benzene rings is 1. The molecule has 2 saturated heterocycles. The highest BCUT2D eigenvalue weighted by Crippen LogP contribution is 2.51. The number of piperazine rings is 1. The topological polar surface area (TPSA) is 76.6 Å². The Morgan fingerprint density at radius 2 is 1.89 bits per heavy atom. The van der Waals surface area contributed by atoms with Crippen molar-refractivity contribution >= 4 is 22.8 Å². The molecule has 1 unspecified atom stereocenters. The molecule has 3 aliphatic rings. The first kappa shape index (κ1) is 29.3. The molecule has 0 spiro atoms. The summed E-state index contributed by atoms with van der Waals surface area (Å²) in [6.07, 6.45) is 0.0993. The molecule has 7 rings (SSSR count). The van der Waals surface area contributed by atoms with Gasteiger partial charge in [0.15, 0.2) is 11.5 Å². The van der Waals surface area contributed by atoms with Crippen LogP contribution in [0.4, 0.5) is 27.8 Å². The molecule has 5 heterocycles. The molecule has 0 bridgehead atoms. The predicted octanol–water partition coefficient (Wildman–Crippen LogP) is 5.72. The minimum Gasteiger partial charge on any atom is -0.376 e. The zero-order chi connectivity index (χ0) is 30.9. The Hall–Kier alpha value is -3.39. The van der Waals surface area contributed by atoms with Crippen LogP contribution in [0.15, 0.2) is 24.5 Å². The minimum atomic E-state index is -2.96. The Balaban J connectivity index is 1.23. The number of hydrogen-bond acceptors (Lipinski definition) is 7. The van der Waals surface area contributed by atoms with Gasteiger partial charge in [0, 0.05) is 50.7 Å². The van der Waals surface area contributed by atoms with E-state index in [-0.39, 0.29) is 31.0 Å². The van der Waals surface area contributed by atoms with Crippen molar-refractivity contribution in [1.82, 2.24) is 34.0 Å². The maximum atomic E-state index is 14.7. The Labute approximate surface area is 251 Å². The normalized spacial score (nSPS) is 25.4. The van der Waals surface area contributed by atoms with Crippen molar-refractivity contribution < 1.29 is 26.7 Å². The maximum absolute atomic E-state index is 14.7. The standard InChI is InChI=1S/C30H35F5N8O/c1-16-13-41(27-24-28(43-15-36-39-29(43)38-27)42(18(3)37-24)14-21-5-4-8-44-21)17(2)12-40(16)25(20-10-30(34,35)11-20)19-6-7-22(26(32)33)23(31)9-19/h6-7,9,15-17,20-21,25-26H,4-5,8,10-14H2,1-3H3/t16-,17+,21+,25?/m1/s1. The van der Waals surface area contributed by atoms with Gasteiger partial charge >= 0.3 is 0 Å². The van der Waals surface area contributed by atoms with E-state index in [4.69, 9.17) is 14.7 Å². The molecule has 2 aliphatic heterocycles. The van der Waals surface area contributed by atoms with Crippen molar-refractivity contribution in [1.29, 1.82) is 0 Å². The summed E-state index contributed by atoms with van der Waals surface area (Å²) in [6, 6.07) is 2.79. The number of aryl methyl sites for hydroxylation is 1. The van der Waals surface area contributed by atoms with Crippen molar-refractivity contribution in [3.05, 3.63) is 47.3 Å². The summed E-state index contributed by atoms with van der Waals surface area (Å²) in [6.45, 7) is 8.33. The molecule has 9 nitrogen and oxygen atoms in total. The van der Waals surface area contributed by atoms with Crippen LogP contribution in [0.5, 0.6) is 0 Å². The van der Waals surface area contributed by atoms with Gasteiger partial charge in [-0.05, 0) is 51.2 Å². The Morgan fingerprint density at radius 3 is 2.57 bits per heavy atom. The summed E-state index contributed by atoms with van der Waals surface area (Å²) in [5.74, 6) is -2.32. The van der Waals surface area contributed by atoms with E-state index < -0.39 is 35.7 Å². The zero-order valence-electron chi connectivity index (χ0n) is 24.8. The Morgan fingerprint density at radius 1 is 1.09 bits per heavy atom. The second kappa shape index (κ2) is 10.9. The van der Waals surface area contributed by atoms with Crippen molar-refractivity contribution in [2.75, 3.05) is 24.6 Å². The highest BCUT2D eigenvalue weighted by Gasteiger charge is 2.51. The van der Waals surface area contributed by atoms with Gasteiger partial charge in [-0.3, -0.25) is 4.90 Å². The Bertz CT molecular complexity index is 1680. The average Bonchev–Trinajstić information content (AvgIpc) is 3.70. The summed E-state index contributed by atoms with van der Waals surface area (Å²) in [7, 11) is 0. The lowest BCUT2D eigenvalue weighted by Crippen LogP contribution is -2.59. The van der Waals surface area contributed by atoms with Gasteiger partial charge in [-0.25, -0.2) is 31.3 Å². The van der Waals surface area contributed by atoms with E-state index in [0.717, 1.165) is 43.1 Å². The van der Waals surface area contributed by atoms with Gasteiger partial charge in [0.05, 0.1) is 18.2 Å². The van der Waals surface area contributed by atoms with Gasteiger partial charge in [0.2, 0.25) is 5.92 Å². The highest BCUT2D eigenvalue weighted by molar-refractivity contribution is 5.87. The molecule has 3 fully saturated rings. The number of rotatable bonds is 7. The number of halogens is 5. The molecular formula is C30H35F5N8O. The zero-order valence-corrected chi connectivity index (χ0v) is 24.8. The molecule has 3 aromatic heterocycles. The number of ether oxygens (including phenoxy) is 1. The molecule has 0 amide bonds. The molecule has 4 aromatic rings. The van der Waals surface area contributed by atoms with Crippen LogP contribution in [-0.4, -0.2) is 77.8 Å². The molecule has 1 saturated carbocycles. The Kier molecular flexibility index (Phi) is 7.26. The van der Waals surface area contributed by atoms with E-state index in [1.807, 2.05) is 25.2 Å². The summed E-state index contributed by atoms with van der Waals surface area (Å²) >= 11 is 0. The molecule has 44 heavy (non-hydrogen) atoms.